The molecule has 2 unspecified atom stereocenters. The molecule has 1 aliphatic carbocycles. The molecule has 0 aromatic rings. The van der Waals surface area contributed by atoms with Crippen LogP contribution in [0.3, 0.4) is 0 Å². The van der Waals surface area contributed by atoms with Crippen molar-refractivity contribution in [3.8, 4) is 0 Å². The van der Waals surface area contributed by atoms with Crippen LogP contribution in [0.15, 0.2) is 0 Å². The predicted octanol–water partition coefficient (Wildman–Crippen LogP) is 1.11. The lowest BCUT2D eigenvalue weighted by Gasteiger charge is -2.04. The second-order valence-electron chi connectivity index (χ2n) is 2.95. The number of carbonyl (C=O) groups excluding carboxylic acids is 1. The minimum absolute atomic E-state index is 0.207. The van der Waals surface area contributed by atoms with E-state index in [4.69, 9.17) is 4.74 Å². The molecule has 0 bridgehead atoms. The van der Waals surface area contributed by atoms with Crippen molar-refractivity contribution in [2.24, 2.45) is 11.8 Å². The van der Waals surface area contributed by atoms with Gasteiger partial charge in [-0.25, -0.2) is 4.79 Å². The van der Waals surface area contributed by atoms with E-state index in [0.717, 1.165) is 0 Å². The minimum atomic E-state index is -0.207. The summed E-state index contributed by atoms with van der Waals surface area (Å²) >= 11 is 0. The zero-order valence-electron chi connectivity index (χ0n) is 5.97. The van der Waals surface area contributed by atoms with Crippen LogP contribution in [0.25, 0.3) is 0 Å². The predicted molar refractivity (Wildman–Crippen MR) is 33.5 cm³/mol. The molecule has 0 aromatic heterocycles. The van der Waals surface area contributed by atoms with Crippen LogP contribution in [-0.2, 0) is 9.53 Å². The summed E-state index contributed by atoms with van der Waals surface area (Å²) in [6.07, 6.45) is 0. The Morgan fingerprint density at radius 2 is 1.89 bits per heavy atom. The molecule has 1 saturated carbocycles. The Bertz CT molecular complexity index is 123. The van der Waals surface area contributed by atoms with Crippen LogP contribution in [0.2, 0.25) is 0 Å². The van der Waals surface area contributed by atoms with E-state index in [0.29, 0.717) is 11.8 Å². The van der Waals surface area contributed by atoms with Gasteiger partial charge in [-0.2, -0.15) is 0 Å². The second kappa shape index (κ2) is 1.72. The van der Waals surface area contributed by atoms with Gasteiger partial charge in [0.15, 0.2) is 0 Å². The van der Waals surface area contributed by atoms with Gasteiger partial charge in [0.25, 0.3) is 0 Å². The molecule has 1 radical (unpaired) electrons. The fourth-order valence-corrected chi connectivity index (χ4v) is 1.22. The van der Waals surface area contributed by atoms with Gasteiger partial charge in [-0.1, -0.05) is 13.8 Å². The third-order valence-electron chi connectivity index (χ3n) is 2.71. The van der Waals surface area contributed by atoms with Gasteiger partial charge in [0.05, 0.1) is 0 Å². The topological polar surface area (TPSA) is 26.3 Å². The van der Waals surface area contributed by atoms with Crippen molar-refractivity contribution in [3.05, 3.63) is 0 Å². The highest BCUT2D eigenvalue weighted by Crippen LogP contribution is 2.51. The van der Waals surface area contributed by atoms with Crippen LogP contribution in [0.4, 0.5) is 0 Å². The summed E-state index contributed by atoms with van der Waals surface area (Å²) < 4.78 is 4.76. The lowest BCUT2D eigenvalue weighted by Crippen LogP contribution is -2.11. The minimum Gasteiger partial charge on any atom is -0.450 e. The molecule has 0 spiro atoms. The number of ether oxygens (including phenoxy) is 1. The van der Waals surface area contributed by atoms with Gasteiger partial charge < -0.3 is 4.74 Å². The Labute approximate surface area is 55.2 Å². The standard InChI is InChI=1S/C7H11O2/c1-5-6(2)7(5,3)9-4-8/h5-6H,1-3H3. The molecule has 0 N–H and O–H groups in total. The Kier molecular flexibility index (Phi) is 1.26. The highest BCUT2D eigenvalue weighted by Gasteiger charge is 2.58. The average Bonchev–Trinajstić information content (AvgIpc) is 2.22. The summed E-state index contributed by atoms with van der Waals surface area (Å²) in [4.78, 5) is 9.80. The largest absolute Gasteiger partial charge is 0.450 e. The third-order valence-corrected chi connectivity index (χ3v) is 2.71. The number of hydrogen-bond acceptors (Lipinski definition) is 2. The van der Waals surface area contributed by atoms with E-state index < -0.39 is 0 Å². The molecular weight excluding hydrogens is 116 g/mol. The molecule has 0 aromatic carbocycles. The summed E-state index contributed by atoms with van der Waals surface area (Å²) in [5.74, 6) is 0.998. The molecule has 1 aliphatic rings. The van der Waals surface area contributed by atoms with Crippen molar-refractivity contribution >= 4 is 6.47 Å². The molecule has 9 heavy (non-hydrogen) atoms. The van der Waals surface area contributed by atoms with E-state index in [9.17, 15) is 4.79 Å². The maximum atomic E-state index is 9.80. The van der Waals surface area contributed by atoms with Crippen LogP contribution in [0.5, 0.6) is 0 Å². The van der Waals surface area contributed by atoms with Crippen molar-refractivity contribution in [1.29, 1.82) is 0 Å². The molecule has 0 saturated heterocycles. The molecule has 51 valence electrons. The molecule has 2 heteroatoms. The van der Waals surface area contributed by atoms with E-state index in [1.54, 1.807) is 0 Å². The first-order chi connectivity index (χ1) is 4.13. The van der Waals surface area contributed by atoms with Crippen molar-refractivity contribution in [3.63, 3.8) is 0 Å². The quantitative estimate of drug-likeness (QED) is 0.555. The highest BCUT2D eigenvalue weighted by molar-refractivity contribution is 5.41. The first-order valence-electron chi connectivity index (χ1n) is 3.18. The van der Waals surface area contributed by atoms with Crippen LogP contribution in [-0.4, -0.2) is 12.1 Å². The summed E-state index contributed by atoms with van der Waals surface area (Å²) in [6.45, 7) is 7.56. The Morgan fingerprint density at radius 1 is 1.44 bits per heavy atom. The Hall–Kier alpha value is -0.530. The summed E-state index contributed by atoms with van der Waals surface area (Å²) in [7, 11) is 0. The van der Waals surface area contributed by atoms with Crippen LogP contribution >= 0.6 is 0 Å². The average molecular weight is 127 g/mol. The van der Waals surface area contributed by atoms with Gasteiger partial charge in [-0.15, -0.1) is 0 Å². The van der Waals surface area contributed by atoms with Crippen LogP contribution < -0.4 is 0 Å². The highest BCUT2D eigenvalue weighted by atomic mass is 16.5. The van der Waals surface area contributed by atoms with Crippen molar-refractivity contribution in [1.82, 2.24) is 0 Å². The molecule has 0 heterocycles. The maximum Gasteiger partial charge on any atom is 0.418 e. The first-order valence-corrected chi connectivity index (χ1v) is 3.18. The lowest BCUT2D eigenvalue weighted by molar-refractivity contribution is 0.148. The fourth-order valence-electron chi connectivity index (χ4n) is 1.22. The van der Waals surface area contributed by atoms with Gasteiger partial charge >= 0.3 is 6.47 Å². The zero-order chi connectivity index (χ0) is 7.07. The smallest absolute Gasteiger partial charge is 0.418 e. The SMILES string of the molecule is CC1C(C)C1(C)O[C]=O. The summed E-state index contributed by atoms with van der Waals surface area (Å²) in [5, 5.41) is 0. The summed E-state index contributed by atoms with van der Waals surface area (Å²) in [6, 6.07) is 0. The van der Waals surface area contributed by atoms with E-state index in [2.05, 4.69) is 13.8 Å². The second-order valence-corrected chi connectivity index (χ2v) is 2.95. The summed E-state index contributed by atoms with van der Waals surface area (Å²) in [5.41, 5.74) is -0.207. The van der Waals surface area contributed by atoms with Crippen molar-refractivity contribution in [2.45, 2.75) is 26.4 Å². The fraction of sp³-hybridized carbons (Fsp3) is 0.857. The molecule has 2 nitrogen and oxygen atoms in total. The molecule has 1 fully saturated rings. The molecule has 1 rings (SSSR count). The Morgan fingerprint density at radius 3 is 2.00 bits per heavy atom. The van der Waals surface area contributed by atoms with Gasteiger partial charge in [-0.3, -0.25) is 0 Å². The van der Waals surface area contributed by atoms with Gasteiger partial charge in [0.2, 0.25) is 0 Å². The van der Waals surface area contributed by atoms with E-state index in [1.807, 2.05) is 6.92 Å². The van der Waals surface area contributed by atoms with Gasteiger partial charge in [0.1, 0.15) is 5.60 Å². The van der Waals surface area contributed by atoms with Crippen LogP contribution in [0, 0.1) is 11.8 Å². The van der Waals surface area contributed by atoms with E-state index >= 15 is 0 Å². The van der Waals surface area contributed by atoms with Crippen LogP contribution in [0.1, 0.15) is 20.8 Å². The third kappa shape index (κ3) is 0.732. The van der Waals surface area contributed by atoms with Gasteiger partial charge in [0, 0.05) is 11.8 Å². The molecular formula is C7H11O2. The monoisotopic (exact) mass is 127 g/mol. The molecule has 2 atom stereocenters. The normalized spacial score (nSPS) is 48.3. The van der Waals surface area contributed by atoms with Gasteiger partial charge in [-0.05, 0) is 6.92 Å². The maximum absolute atomic E-state index is 9.80. The molecule has 0 aliphatic heterocycles. The van der Waals surface area contributed by atoms with Crippen molar-refractivity contribution in [2.75, 3.05) is 0 Å². The first kappa shape index (κ1) is 6.59. The number of rotatable bonds is 2. The zero-order valence-corrected chi connectivity index (χ0v) is 5.97. The molecule has 0 amide bonds. The lowest BCUT2D eigenvalue weighted by atomic mass is 10.3. The van der Waals surface area contributed by atoms with E-state index in [1.165, 1.54) is 6.47 Å². The Balaban J connectivity index is 2.49. The number of hydrogen-bond donors (Lipinski definition) is 0. The van der Waals surface area contributed by atoms with Crippen molar-refractivity contribution < 1.29 is 9.53 Å². The van der Waals surface area contributed by atoms with E-state index in [-0.39, 0.29) is 5.60 Å².